The molecule has 0 aromatic heterocycles. The predicted octanol–water partition coefficient (Wildman–Crippen LogP) is 2.97. The van der Waals surface area contributed by atoms with Gasteiger partial charge in [-0.3, -0.25) is 4.57 Å². The molecule has 0 bridgehead atoms. The minimum atomic E-state index is -3.98. The van der Waals surface area contributed by atoms with Crippen molar-refractivity contribution in [1.82, 2.24) is 0 Å². The molecule has 1 rings (SSSR count). The smallest absolute Gasteiger partial charge is 0.344 e. The number of hydrogen-bond donors (Lipinski definition) is 3. The van der Waals surface area contributed by atoms with Gasteiger partial charge < -0.3 is 15.1 Å². The highest BCUT2D eigenvalue weighted by Gasteiger charge is 2.11. The lowest BCUT2D eigenvalue weighted by atomic mass is 10.1. The van der Waals surface area contributed by atoms with Crippen LogP contribution in [0, 0.1) is 0 Å². The molecule has 1 aromatic carbocycles. The Labute approximate surface area is 102 Å². The molecule has 1 aromatic rings. The van der Waals surface area contributed by atoms with Crippen LogP contribution in [-0.2, 0) is 11.0 Å². The molecule has 0 spiro atoms. The highest BCUT2D eigenvalue weighted by atomic mass is 31.2. The molecule has 0 saturated carbocycles. The summed E-state index contributed by atoms with van der Waals surface area (Å²) in [5.41, 5.74) is 2.01. The molecule has 96 valence electrons. The molecule has 0 aliphatic rings. The minimum absolute atomic E-state index is 0.317. The summed E-state index contributed by atoms with van der Waals surface area (Å²) in [5.74, 6) is 0. The van der Waals surface area contributed by atoms with Crippen LogP contribution in [-0.4, -0.2) is 16.1 Å². The molecule has 3 N–H and O–H groups in total. The third-order valence-corrected chi connectivity index (χ3v) is 3.08. The maximum atomic E-state index is 10.7. The van der Waals surface area contributed by atoms with Crippen molar-refractivity contribution in [3.05, 3.63) is 29.8 Å². The van der Waals surface area contributed by atoms with E-state index in [1.165, 1.54) is 24.8 Å². The van der Waals surface area contributed by atoms with E-state index in [9.17, 15) is 4.57 Å². The Balaban J connectivity index is 2.42. The van der Waals surface area contributed by atoms with Crippen molar-refractivity contribution in [1.29, 1.82) is 0 Å². The first-order chi connectivity index (χ1) is 8.01. The molecule has 0 saturated heterocycles. The summed E-state index contributed by atoms with van der Waals surface area (Å²) < 4.78 is 10.7. The number of anilines is 1. The first kappa shape index (κ1) is 14.2. The van der Waals surface area contributed by atoms with Gasteiger partial charge in [0.15, 0.2) is 0 Å². The number of aryl methyl sites for hydroxylation is 1. The van der Waals surface area contributed by atoms with Crippen LogP contribution in [0.2, 0.25) is 0 Å². The minimum Gasteiger partial charge on any atom is -0.374 e. The van der Waals surface area contributed by atoms with Crippen LogP contribution >= 0.6 is 7.60 Å². The van der Waals surface area contributed by atoms with Gasteiger partial charge in [-0.2, -0.15) is 0 Å². The summed E-state index contributed by atoms with van der Waals surface area (Å²) in [6, 6.07) is 7.71. The number of nitrogens with one attached hydrogen (secondary N) is 1. The Kier molecular flexibility index (Phi) is 5.69. The van der Waals surface area contributed by atoms with Gasteiger partial charge >= 0.3 is 7.60 Å². The number of unbranched alkanes of at least 4 members (excludes halogenated alkanes) is 2. The zero-order valence-electron chi connectivity index (χ0n) is 10.1. The summed E-state index contributed by atoms with van der Waals surface area (Å²) in [7, 11) is -3.98. The van der Waals surface area contributed by atoms with Gasteiger partial charge in [0.25, 0.3) is 0 Å². The van der Waals surface area contributed by atoms with Crippen molar-refractivity contribution in [2.24, 2.45) is 0 Å². The molecule has 0 fully saturated rings. The van der Waals surface area contributed by atoms with Gasteiger partial charge in [-0.25, -0.2) is 0 Å². The lowest BCUT2D eigenvalue weighted by Crippen LogP contribution is -2.01. The molecule has 0 unspecified atom stereocenters. The normalized spacial score (nSPS) is 11.5. The van der Waals surface area contributed by atoms with Crippen molar-refractivity contribution in [3.63, 3.8) is 0 Å². The lowest BCUT2D eigenvalue weighted by Gasteiger charge is -2.08. The fourth-order valence-electron chi connectivity index (χ4n) is 1.56. The largest absolute Gasteiger partial charge is 0.374 e. The molecule has 0 amide bonds. The van der Waals surface area contributed by atoms with E-state index in [4.69, 9.17) is 9.79 Å². The zero-order valence-corrected chi connectivity index (χ0v) is 11.0. The van der Waals surface area contributed by atoms with Crippen LogP contribution in [0.5, 0.6) is 0 Å². The zero-order chi connectivity index (χ0) is 12.7. The molecule has 0 aliphatic carbocycles. The van der Waals surface area contributed by atoms with Crippen molar-refractivity contribution in [2.45, 2.75) is 32.6 Å². The topological polar surface area (TPSA) is 69.6 Å². The highest BCUT2D eigenvalue weighted by Crippen LogP contribution is 2.33. The monoisotopic (exact) mass is 257 g/mol. The van der Waals surface area contributed by atoms with Crippen LogP contribution in [0.4, 0.5) is 5.69 Å². The van der Waals surface area contributed by atoms with E-state index in [0.29, 0.717) is 0 Å². The second kappa shape index (κ2) is 6.80. The average molecular weight is 257 g/mol. The van der Waals surface area contributed by atoms with E-state index in [1.807, 2.05) is 24.3 Å². The van der Waals surface area contributed by atoms with Crippen LogP contribution in [0.25, 0.3) is 0 Å². The average Bonchev–Trinajstić information content (AvgIpc) is 2.27. The third kappa shape index (κ3) is 6.47. The van der Waals surface area contributed by atoms with Gasteiger partial charge in [0.2, 0.25) is 0 Å². The Morgan fingerprint density at radius 2 is 1.82 bits per heavy atom. The van der Waals surface area contributed by atoms with Gasteiger partial charge in [0.1, 0.15) is 6.29 Å². The molecule has 17 heavy (non-hydrogen) atoms. The Hall–Kier alpha value is -0.830. The predicted molar refractivity (Wildman–Crippen MR) is 70.2 cm³/mol. The lowest BCUT2D eigenvalue weighted by molar-refractivity contribution is 0.375. The van der Waals surface area contributed by atoms with E-state index < -0.39 is 7.60 Å². The fraction of sp³-hybridized carbons (Fsp3) is 0.500. The molecule has 4 nitrogen and oxygen atoms in total. The summed E-state index contributed by atoms with van der Waals surface area (Å²) >= 11 is 0. The van der Waals surface area contributed by atoms with Crippen LogP contribution in [0.1, 0.15) is 31.7 Å². The van der Waals surface area contributed by atoms with Gasteiger partial charge in [0.05, 0.1) is 0 Å². The summed E-state index contributed by atoms with van der Waals surface area (Å²) in [4.78, 5) is 17.5. The second-order valence-electron chi connectivity index (χ2n) is 4.15. The molecule has 0 atom stereocenters. The van der Waals surface area contributed by atoms with Gasteiger partial charge in [0, 0.05) is 5.69 Å². The summed E-state index contributed by atoms with van der Waals surface area (Å²) in [6.45, 7) is 2.18. The standard InChI is InChI=1S/C12H20NO3P/c1-2-3-4-5-11-6-8-12(9-7-11)13-10-17(14,15)16/h6-9,13H,2-5,10H2,1H3,(H2,14,15,16). The van der Waals surface area contributed by atoms with E-state index in [0.717, 1.165) is 12.1 Å². The van der Waals surface area contributed by atoms with Crippen molar-refractivity contribution in [2.75, 3.05) is 11.6 Å². The van der Waals surface area contributed by atoms with E-state index in [2.05, 4.69) is 12.2 Å². The van der Waals surface area contributed by atoms with Crippen LogP contribution in [0.15, 0.2) is 24.3 Å². The van der Waals surface area contributed by atoms with Gasteiger partial charge in [-0.05, 0) is 30.5 Å². The number of benzene rings is 1. The quantitative estimate of drug-likeness (QED) is 0.519. The van der Waals surface area contributed by atoms with Crippen LogP contribution < -0.4 is 5.32 Å². The third-order valence-electron chi connectivity index (χ3n) is 2.51. The molecular formula is C12H20NO3P. The van der Waals surface area contributed by atoms with E-state index in [-0.39, 0.29) is 6.29 Å². The SMILES string of the molecule is CCCCCc1ccc(NCP(=O)(O)O)cc1. The van der Waals surface area contributed by atoms with Crippen molar-refractivity contribution in [3.8, 4) is 0 Å². The van der Waals surface area contributed by atoms with E-state index >= 15 is 0 Å². The highest BCUT2D eigenvalue weighted by molar-refractivity contribution is 7.51. The molecule has 0 aliphatic heterocycles. The van der Waals surface area contributed by atoms with Crippen LogP contribution in [0.3, 0.4) is 0 Å². The fourth-order valence-corrected chi connectivity index (χ4v) is 1.95. The summed E-state index contributed by atoms with van der Waals surface area (Å²) in [5, 5.41) is 2.72. The van der Waals surface area contributed by atoms with Gasteiger partial charge in [-0.1, -0.05) is 31.9 Å². The van der Waals surface area contributed by atoms with Gasteiger partial charge in [-0.15, -0.1) is 0 Å². The first-order valence-electron chi connectivity index (χ1n) is 5.88. The van der Waals surface area contributed by atoms with Crippen molar-refractivity contribution >= 4 is 13.3 Å². The Morgan fingerprint density at radius 1 is 1.18 bits per heavy atom. The molecule has 5 heteroatoms. The number of hydrogen-bond acceptors (Lipinski definition) is 2. The summed E-state index contributed by atoms with van der Waals surface area (Å²) in [6.07, 6.45) is 4.38. The Morgan fingerprint density at radius 3 is 2.35 bits per heavy atom. The van der Waals surface area contributed by atoms with Crippen molar-refractivity contribution < 1.29 is 14.4 Å². The maximum absolute atomic E-state index is 10.7. The molecular weight excluding hydrogens is 237 g/mol. The second-order valence-corrected chi connectivity index (χ2v) is 5.80. The Bertz CT molecular complexity index is 372. The first-order valence-corrected chi connectivity index (χ1v) is 7.68. The van der Waals surface area contributed by atoms with E-state index in [1.54, 1.807) is 0 Å². The molecule has 0 radical (unpaired) electrons. The molecule has 0 heterocycles. The maximum Gasteiger partial charge on any atom is 0.344 e. The number of rotatable bonds is 7.